The van der Waals surface area contributed by atoms with E-state index in [1.165, 1.54) is 11.6 Å². The van der Waals surface area contributed by atoms with E-state index in [1.807, 2.05) is 12.1 Å². The average Bonchev–Trinajstić information content (AvgIpc) is 2.32. The number of rotatable bonds is 6. The van der Waals surface area contributed by atoms with Crippen molar-refractivity contribution in [2.75, 3.05) is 6.54 Å². The Morgan fingerprint density at radius 2 is 2.00 bits per heavy atom. The Hall–Kier alpha value is -0.410. The summed E-state index contributed by atoms with van der Waals surface area (Å²) in [5.74, 6) is -0.194. The van der Waals surface area contributed by atoms with Crippen molar-refractivity contribution in [1.82, 2.24) is 5.32 Å². The Bertz CT molecular complexity index is 398. The van der Waals surface area contributed by atoms with E-state index in [-0.39, 0.29) is 11.2 Å². The zero-order valence-corrected chi connectivity index (χ0v) is 14.0. The first-order valence-electron chi connectivity index (χ1n) is 7.02. The van der Waals surface area contributed by atoms with Crippen molar-refractivity contribution in [2.24, 2.45) is 5.41 Å². The number of nitrogens with one attached hydrogen (secondary N) is 1. The standard InChI is InChI=1S/C16H25BrFN/c1-5-10-19-15(16(2,3)4)9-7-12-6-8-14(18)13(17)11-12/h6,8,11,15,19H,5,7,9-10H2,1-4H3. The second kappa shape index (κ2) is 7.39. The van der Waals surface area contributed by atoms with Gasteiger partial charge >= 0.3 is 0 Å². The van der Waals surface area contributed by atoms with Gasteiger partial charge in [0.15, 0.2) is 0 Å². The Balaban J connectivity index is 2.62. The van der Waals surface area contributed by atoms with Crippen LogP contribution in [0.1, 0.15) is 46.1 Å². The number of aryl methyl sites for hydroxylation is 1. The van der Waals surface area contributed by atoms with Crippen LogP contribution < -0.4 is 5.32 Å². The zero-order valence-electron chi connectivity index (χ0n) is 12.4. The van der Waals surface area contributed by atoms with Crippen LogP contribution in [0.25, 0.3) is 0 Å². The van der Waals surface area contributed by atoms with Gasteiger partial charge in [-0.2, -0.15) is 0 Å². The first-order valence-corrected chi connectivity index (χ1v) is 7.81. The molecule has 0 saturated heterocycles. The third kappa shape index (κ3) is 5.62. The molecule has 19 heavy (non-hydrogen) atoms. The molecule has 1 aromatic rings. The molecule has 0 aliphatic carbocycles. The first-order chi connectivity index (χ1) is 8.84. The monoisotopic (exact) mass is 329 g/mol. The number of benzene rings is 1. The highest BCUT2D eigenvalue weighted by atomic mass is 79.9. The highest BCUT2D eigenvalue weighted by Crippen LogP contribution is 2.24. The van der Waals surface area contributed by atoms with Crippen molar-refractivity contribution in [2.45, 2.75) is 53.0 Å². The molecule has 0 amide bonds. The van der Waals surface area contributed by atoms with Gasteiger partial charge in [-0.1, -0.05) is 33.8 Å². The van der Waals surface area contributed by atoms with Crippen molar-refractivity contribution in [3.05, 3.63) is 34.1 Å². The van der Waals surface area contributed by atoms with E-state index in [0.29, 0.717) is 10.5 Å². The van der Waals surface area contributed by atoms with E-state index < -0.39 is 0 Å². The molecule has 1 unspecified atom stereocenters. The molecule has 0 aliphatic heterocycles. The molecule has 0 radical (unpaired) electrons. The minimum Gasteiger partial charge on any atom is -0.313 e. The van der Waals surface area contributed by atoms with E-state index in [4.69, 9.17) is 0 Å². The number of hydrogen-bond acceptors (Lipinski definition) is 1. The summed E-state index contributed by atoms with van der Waals surface area (Å²) in [5.41, 5.74) is 1.42. The highest BCUT2D eigenvalue weighted by Gasteiger charge is 2.23. The molecule has 0 bridgehead atoms. The second-order valence-electron chi connectivity index (χ2n) is 6.16. The van der Waals surface area contributed by atoms with E-state index in [9.17, 15) is 4.39 Å². The molecule has 108 valence electrons. The van der Waals surface area contributed by atoms with Gasteiger partial charge in [-0.3, -0.25) is 0 Å². The molecule has 0 heterocycles. The van der Waals surface area contributed by atoms with Gasteiger partial charge in [0.1, 0.15) is 5.82 Å². The summed E-state index contributed by atoms with van der Waals surface area (Å²) >= 11 is 3.24. The maximum Gasteiger partial charge on any atom is 0.137 e. The van der Waals surface area contributed by atoms with Gasteiger partial charge in [0, 0.05) is 6.04 Å². The Labute approximate surface area is 125 Å². The summed E-state index contributed by atoms with van der Waals surface area (Å²) in [6, 6.07) is 5.77. The number of hydrogen-bond donors (Lipinski definition) is 1. The van der Waals surface area contributed by atoms with Crippen LogP contribution in [0.4, 0.5) is 4.39 Å². The molecule has 0 fully saturated rings. The van der Waals surface area contributed by atoms with E-state index in [0.717, 1.165) is 25.8 Å². The molecule has 0 aliphatic rings. The van der Waals surface area contributed by atoms with E-state index >= 15 is 0 Å². The van der Waals surface area contributed by atoms with Gasteiger partial charge in [0.2, 0.25) is 0 Å². The molecule has 1 nitrogen and oxygen atoms in total. The largest absolute Gasteiger partial charge is 0.313 e. The Morgan fingerprint density at radius 3 is 2.53 bits per heavy atom. The smallest absolute Gasteiger partial charge is 0.137 e. The maximum absolute atomic E-state index is 13.2. The minimum absolute atomic E-state index is 0.194. The van der Waals surface area contributed by atoms with Gasteiger partial charge in [-0.25, -0.2) is 4.39 Å². The van der Waals surface area contributed by atoms with Gasteiger partial charge in [-0.05, 0) is 64.8 Å². The molecule has 0 spiro atoms. The summed E-state index contributed by atoms with van der Waals surface area (Å²) in [6.07, 6.45) is 3.19. The SMILES string of the molecule is CCCNC(CCc1ccc(F)c(Br)c1)C(C)(C)C. The summed E-state index contributed by atoms with van der Waals surface area (Å²) in [4.78, 5) is 0. The highest BCUT2D eigenvalue weighted by molar-refractivity contribution is 9.10. The summed E-state index contributed by atoms with van der Waals surface area (Å²) < 4.78 is 13.7. The van der Waals surface area contributed by atoms with Crippen LogP contribution in [0, 0.1) is 11.2 Å². The molecule has 1 rings (SSSR count). The predicted molar refractivity (Wildman–Crippen MR) is 84.0 cm³/mol. The van der Waals surface area contributed by atoms with Crippen LogP contribution in [0.2, 0.25) is 0 Å². The van der Waals surface area contributed by atoms with Gasteiger partial charge in [0.25, 0.3) is 0 Å². The lowest BCUT2D eigenvalue weighted by Gasteiger charge is -2.32. The average molecular weight is 330 g/mol. The topological polar surface area (TPSA) is 12.0 Å². The summed E-state index contributed by atoms with van der Waals surface area (Å²) in [5, 5.41) is 3.62. The van der Waals surface area contributed by atoms with Gasteiger partial charge in [0.05, 0.1) is 4.47 Å². The minimum atomic E-state index is -0.194. The maximum atomic E-state index is 13.2. The Kier molecular flexibility index (Phi) is 6.48. The summed E-state index contributed by atoms with van der Waals surface area (Å²) in [7, 11) is 0. The Morgan fingerprint density at radius 1 is 1.32 bits per heavy atom. The van der Waals surface area contributed by atoms with Crippen molar-refractivity contribution in [3.63, 3.8) is 0 Å². The molecule has 0 saturated carbocycles. The lowest BCUT2D eigenvalue weighted by Crippen LogP contribution is -2.41. The van der Waals surface area contributed by atoms with Crippen LogP contribution in [-0.2, 0) is 6.42 Å². The number of halogens is 2. The molecule has 1 aromatic carbocycles. The van der Waals surface area contributed by atoms with Gasteiger partial charge < -0.3 is 5.32 Å². The van der Waals surface area contributed by atoms with Crippen LogP contribution >= 0.6 is 15.9 Å². The van der Waals surface area contributed by atoms with Crippen LogP contribution in [-0.4, -0.2) is 12.6 Å². The third-order valence-electron chi connectivity index (χ3n) is 3.39. The molecule has 0 aromatic heterocycles. The molecular formula is C16H25BrFN. The molecule has 1 atom stereocenters. The van der Waals surface area contributed by atoms with E-state index in [2.05, 4.69) is 48.9 Å². The molecule has 3 heteroatoms. The van der Waals surface area contributed by atoms with Gasteiger partial charge in [-0.15, -0.1) is 0 Å². The normalized spacial score (nSPS) is 13.6. The molecule has 1 N–H and O–H groups in total. The van der Waals surface area contributed by atoms with Crippen molar-refractivity contribution < 1.29 is 4.39 Å². The fraction of sp³-hybridized carbons (Fsp3) is 0.625. The fourth-order valence-electron chi connectivity index (χ4n) is 2.17. The van der Waals surface area contributed by atoms with E-state index in [1.54, 1.807) is 0 Å². The van der Waals surface area contributed by atoms with Crippen LogP contribution in [0.5, 0.6) is 0 Å². The van der Waals surface area contributed by atoms with Crippen molar-refractivity contribution in [1.29, 1.82) is 0 Å². The first kappa shape index (κ1) is 16.6. The van der Waals surface area contributed by atoms with Crippen molar-refractivity contribution in [3.8, 4) is 0 Å². The fourth-order valence-corrected chi connectivity index (χ4v) is 2.59. The predicted octanol–water partition coefficient (Wildman–Crippen LogP) is 4.94. The quantitative estimate of drug-likeness (QED) is 0.779. The lowest BCUT2D eigenvalue weighted by molar-refractivity contribution is 0.255. The lowest BCUT2D eigenvalue weighted by atomic mass is 9.83. The summed E-state index contributed by atoms with van der Waals surface area (Å²) in [6.45, 7) is 10.0. The third-order valence-corrected chi connectivity index (χ3v) is 4.00. The second-order valence-corrected chi connectivity index (χ2v) is 7.01. The zero-order chi connectivity index (χ0) is 14.5. The van der Waals surface area contributed by atoms with Crippen LogP contribution in [0.3, 0.4) is 0 Å². The van der Waals surface area contributed by atoms with Crippen molar-refractivity contribution >= 4 is 15.9 Å². The van der Waals surface area contributed by atoms with Crippen LogP contribution in [0.15, 0.2) is 22.7 Å². The molecular weight excluding hydrogens is 305 g/mol.